The fraction of sp³-hybridized carbons (Fsp3) is 0.0303. The quantitative estimate of drug-likeness (QED) is 0.195. The van der Waals surface area contributed by atoms with Crippen LogP contribution in [0.25, 0.3) is 21.5 Å². The third-order valence-electron chi connectivity index (χ3n) is 7.30. The van der Waals surface area contributed by atoms with Gasteiger partial charge >= 0.3 is 0 Å². The van der Waals surface area contributed by atoms with Crippen molar-refractivity contribution in [3.05, 3.63) is 138 Å². The van der Waals surface area contributed by atoms with E-state index in [1.807, 2.05) is 79.9 Å². The highest BCUT2D eigenvalue weighted by atomic mass is 16.2. The molecule has 0 aromatic heterocycles. The Kier molecular flexibility index (Phi) is 4.63. The number of anilines is 3. The van der Waals surface area contributed by atoms with Gasteiger partial charge in [-0.2, -0.15) is 0 Å². The topological polar surface area (TPSA) is 40.6 Å². The largest absolute Gasteiger partial charge is 0.329 e. The number of para-hydroxylation sites is 1. The van der Waals surface area contributed by atoms with E-state index >= 15 is 0 Å². The van der Waals surface area contributed by atoms with Crippen LogP contribution in [0, 0.1) is 0 Å². The molecule has 0 saturated carbocycles. The van der Waals surface area contributed by atoms with Crippen molar-refractivity contribution in [2.45, 2.75) is 0 Å². The molecule has 0 amide bonds. The van der Waals surface area contributed by atoms with Gasteiger partial charge in [0.1, 0.15) is 5.82 Å². The second kappa shape index (κ2) is 8.04. The molecule has 37 heavy (non-hydrogen) atoms. The molecule has 7 rings (SSSR count). The van der Waals surface area contributed by atoms with Crippen LogP contribution in [0.4, 0.5) is 17.1 Å². The van der Waals surface area contributed by atoms with Crippen molar-refractivity contribution in [2.75, 3.05) is 16.8 Å². The van der Waals surface area contributed by atoms with Crippen LogP contribution in [0.15, 0.2) is 127 Å². The number of fused-ring (bicyclic) bond motifs is 4. The zero-order chi connectivity index (χ0) is 25.1. The molecule has 5 aromatic carbocycles. The van der Waals surface area contributed by atoms with Crippen molar-refractivity contribution >= 4 is 50.2 Å². The first-order valence-electron chi connectivity index (χ1n) is 12.3. The van der Waals surface area contributed by atoms with Crippen LogP contribution in [0.3, 0.4) is 0 Å². The van der Waals surface area contributed by atoms with Crippen LogP contribution in [-0.2, 0) is 0 Å². The van der Waals surface area contributed by atoms with Gasteiger partial charge < -0.3 is 4.90 Å². The van der Waals surface area contributed by atoms with Crippen LogP contribution in [0.1, 0.15) is 20.7 Å². The highest BCUT2D eigenvalue weighted by Crippen LogP contribution is 2.47. The lowest BCUT2D eigenvalue weighted by Crippen LogP contribution is -2.21. The van der Waals surface area contributed by atoms with Gasteiger partial charge in [-0.25, -0.2) is 0 Å². The normalized spacial score (nSPS) is 15.7. The minimum absolute atomic E-state index is 0.195. The van der Waals surface area contributed by atoms with E-state index in [1.165, 1.54) is 0 Å². The van der Waals surface area contributed by atoms with E-state index in [-0.39, 0.29) is 17.1 Å². The minimum Gasteiger partial charge on any atom is -0.329 e. The van der Waals surface area contributed by atoms with Gasteiger partial charge in [-0.05, 0) is 70.1 Å². The summed E-state index contributed by atoms with van der Waals surface area (Å²) >= 11 is 0. The van der Waals surface area contributed by atoms with Gasteiger partial charge in [0.15, 0.2) is 11.6 Å². The molecular formula is C33H22N2O2. The molecule has 0 radical (unpaired) electrons. The van der Waals surface area contributed by atoms with Gasteiger partial charge in [-0.15, -0.1) is 0 Å². The number of Topliss-reactive ketones (excluding diaryl/α,β-unsaturated/α-hetero) is 2. The summed E-state index contributed by atoms with van der Waals surface area (Å²) in [7, 11) is 2.01. The smallest absolute Gasteiger partial charge is 0.197 e. The lowest BCUT2D eigenvalue weighted by Gasteiger charge is -2.22. The second-order valence-electron chi connectivity index (χ2n) is 9.43. The summed E-state index contributed by atoms with van der Waals surface area (Å²) in [5, 5.41) is 4.22. The number of hydrogen-bond acceptors (Lipinski definition) is 4. The Morgan fingerprint density at radius 3 is 1.62 bits per heavy atom. The van der Waals surface area contributed by atoms with Gasteiger partial charge in [0.05, 0.1) is 16.9 Å². The highest BCUT2D eigenvalue weighted by molar-refractivity contribution is 6.40. The molecular weight excluding hydrogens is 456 g/mol. The first-order chi connectivity index (χ1) is 18.1. The van der Waals surface area contributed by atoms with E-state index in [4.69, 9.17) is 0 Å². The molecule has 0 saturated heterocycles. The zero-order valence-electron chi connectivity index (χ0n) is 20.2. The fourth-order valence-electron chi connectivity index (χ4n) is 5.41. The predicted octanol–water partition coefficient (Wildman–Crippen LogP) is 7.43. The Balaban J connectivity index is 1.37. The number of benzene rings is 5. The number of carbonyl (C=O) groups excluding carboxylic acids is 2. The van der Waals surface area contributed by atoms with E-state index in [9.17, 15) is 9.59 Å². The predicted molar refractivity (Wildman–Crippen MR) is 150 cm³/mol. The first kappa shape index (κ1) is 21.3. The number of hydrogen-bond donors (Lipinski definition) is 0. The molecule has 176 valence electrons. The summed E-state index contributed by atoms with van der Waals surface area (Å²) in [5.74, 6) is 0.418. The van der Waals surface area contributed by atoms with E-state index in [0.29, 0.717) is 11.1 Å². The Labute approximate surface area is 214 Å². The van der Waals surface area contributed by atoms with Gasteiger partial charge in [0.25, 0.3) is 0 Å². The summed E-state index contributed by atoms with van der Waals surface area (Å²) in [6, 6.07) is 34.3. The van der Waals surface area contributed by atoms with Crippen LogP contribution in [-0.4, -0.2) is 18.6 Å². The summed E-state index contributed by atoms with van der Waals surface area (Å²) in [6.45, 7) is 0. The van der Waals surface area contributed by atoms with E-state index in [2.05, 4.69) is 46.2 Å². The minimum atomic E-state index is -0.224. The van der Waals surface area contributed by atoms with Crippen LogP contribution < -0.4 is 9.80 Å². The Morgan fingerprint density at radius 1 is 0.568 bits per heavy atom. The Bertz CT molecular complexity index is 1780. The number of rotatable bonds is 2. The molecule has 1 heterocycles. The molecule has 1 aliphatic heterocycles. The van der Waals surface area contributed by atoms with Gasteiger partial charge in [-0.1, -0.05) is 66.7 Å². The number of carbonyl (C=O) groups is 2. The Hall–Kier alpha value is -4.96. The van der Waals surface area contributed by atoms with E-state index in [1.54, 1.807) is 6.08 Å². The molecule has 0 unspecified atom stereocenters. The van der Waals surface area contributed by atoms with E-state index in [0.717, 1.165) is 44.4 Å². The first-order valence-corrected chi connectivity index (χ1v) is 12.3. The van der Waals surface area contributed by atoms with Crippen LogP contribution in [0.5, 0.6) is 0 Å². The van der Waals surface area contributed by atoms with Gasteiger partial charge in [0, 0.05) is 23.9 Å². The van der Waals surface area contributed by atoms with Gasteiger partial charge in [-0.3, -0.25) is 14.5 Å². The molecule has 0 fully saturated rings. The molecule has 0 atom stereocenters. The third kappa shape index (κ3) is 3.23. The molecule has 0 spiro atoms. The number of allylic oxidation sites excluding steroid dienone is 3. The molecule has 5 aromatic rings. The molecule has 2 aliphatic rings. The van der Waals surface area contributed by atoms with Crippen molar-refractivity contribution in [3.63, 3.8) is 0 Å². The maximum Gasteiger partial charge on any atom is 0.197 e. The lowest BCUT2D eigenvalue weighted by molar-refractivity contribution is 0.0989. The maximum atomic E-state index is 13.3. The van der Waals surface area contributed by atoms with Crippen molar-refractivity contribution in [1.29, 1.82) is 0 Å². The fourth-order valence-corrected chi connectivity index (χ4v) is 5.41. The van der Waals surface area contributed by atoms with Crippen molar-refractivity contribution in [1.82, 2.24) is 0 Å². The maximum absolute atomic E-state index is 13.3. The second-order valence-corrected chi connectivity index (χ2v) is 9.43. The van der Waals surface area contributed by atoms with Crippen molar-refractivity contribution in [3.8, 4) is 0 Å². The highest BCUT2D eigenvalue weighted by Gasteiger charge is 2.34. The molecule has 4 nitrogen and oxygen atoms in total. The van der Waals surface area contributed by atoms with Gasteiger partial charge in [0.2, 0.25) is 0 Å². The molecule has 4 heteroatoms. The summed E-state index contributed by atoms with van der Waals surface area (Å²) in [6.07, 6.45) is 3.57. The Morgan fingerprint density at radius 2 is 1.05 bits per heavy atom. The summed E-state index contributed by atoms with van der Waals surface area (Å²) < 4.78 is 0. The van der Waals surface area contributed by atoms with Crippen LogP contribution >= 0.6 is 0 Å². The number of nitrogens with zero attached hydrogens (tertiary/aromatic N) is 2. The number of ketones is 2. The standard InChI is InChI=1S/C33H22N2O2/c1-34-29-19-23-11-7-8-12-24(23)20-30(29)35(25-13-3-2-4-14-25)31(34)16-15-26-32(36)27-17-21-9-5-6-10-22(21)18-28(27)33(26)37/h2-20H,1H3/b31-16-. The van der Waals surface area contributed by atoms with Crippen LogP contribution in [0.2, 0.25) is 0 Å². The average Bonchev–Trinajstić information content (AvgIpc) is 3.34. The molecule has 1 aliphatic carbocycles. The lowest BCUT2D eigenvalue weighted by atomic mass is 10.0. The summed E-state index contributed by atoms with van der Waals surface area (Å²) in [4.78, 5) is 30.9. The van der Waals surface area contributed by atoms with Crippen molar-refractivity contribution in [2.24, 2.45) is 0 Å². The summed E-state index contributed by atoms with van der Waals surface area (Å²) in [5.41, 5.74) is 4.26. The van der Waals surface area contributed by atoms with Crippen molar-refractivity contribution < 1.29 is 9.59 Å². The van der Waals surface area contributed by atoms with E-state index < -0.39 is 0 Å². The molecule has 0 bridgehead atoms. The zero-order valence-corrected chi connectivity index (χ0v) is 20.2. The average molecular weight is 479 g/mol. The third-order valence-corrected chi connectivity index (χ3v) is 7.30. The molecule has 0 N–H and O–H groups in total. The monoisotopic (exact) mass is 478 g/mol. The SMILES string of the molecule is CN1/C(=C/C=C2C(=O)c3cc4ccccc4cc3C2=O)N(c2ccccc2)c2cc3ccccc3cc21.